The molecule has 1 N–H and O–H groups in total. The molecule has 14 heavy (non-hydrogen) atoms. The summed E-state index contributed by atoms with van der Waals surface area (Å²) >= 11 is 0. The molecule has 0 atom stereocenters. The first kappa shape index (κ1) is 8.84. The first-order chi connectivity index (χ1) is 6.86. The van der Waals surface area contributed by atoms with E-state index in [1.165, 1.54) is 4.85 Å². The van der Waals surface area contributed by atoms with Crippen LogP contribution in [0.1, 0.15) is 0 Å². The van der Waals surface area contributed by atoms with E-state index in [0.717, 1.165) is 0 Å². The van der Waals surface area contributed by atoms with Crippen molar-refractivity contribution in [3.8, 4) is 0 Å². The second-order valence-corrected chi connectivity index (χ2v) is 2.78. The predicted molar refractivity (Wildman–Crippen MR) is 52.9 cm³/mol. The van der Waals surface area contributed by atoms with Gasteiger partial charge in [0, 0.05) is 0 Å². The lowest BCUT2D eigenvalue weighted by molar-refractivity contribution is 0.201. The van der Waals surface area contributed by atoms with E-state index in [2.05, 4.69) is 5.10 Å². The maximum atomic E-state index is 9.61. The molecule has 2 rings (SSSR count). The Kier molecular flexibility index (Phi) is 2.51. The molecule has 0 aliphatic rings. The molecule has 0 saturated heterocycles. The van der Waals surface area contributed by atoms with Gasteiger partial charge in [-0.15, -0.1) is 9.94 Å². The molecule has 0 aliphatic carbocycles. The summed E-state index contributed by atoms with van der Waals surface area (Å²) in [4.78, 5) is 1.22. The molecule has 0 radical (unpaired) electrons. The second kappa shape index (κ2) is 3.98. The molecule has 4 nitrogen and oxygen atoms in total. The zero-order valence-electron chi connectivity index (χ0n) is 7.45. The Morgan fingerprint density at radius 3 is 2.64 bits per heavy atom. The van der Waals surface area contributed by atoms with Crippen molar-refractivity contribution in [3.63, 3.8) is 0 Å². The van der Waals surface area contributed by atoms with Gasteiger partial charge in [-0.3, -0.25) is 0 Å². The smallest absolute Gasteiger partial charge is 0.428 e. The van der Waals surface area contributed by atoms with Crippen molar-refractivity contribution < 1.29 is 9.78 Å². The van der Waals surface area contributed by atoms with Crippen molar-refractivity contribution in [2.45, 2.75) is 0 Å². The molecule has 0 unspecified atom stereocenters. The molecule has 0 spiro atoms. The summed E-state index contributed by atoms with van der Waals surface area (Å²) < 4.78 is 5.10. The highest BCUT2D eigenvalue weighted by molar-refractivity contribution is 6.60. The molecule has 70 valence electrons. The maximum absolute atomic E-state index is 9.61. The van der Waals surface area contributed by atoms with Gasteiger partial charge in [0.05, 0.1) is 12.4 Å². The fourth-order valence-corrected chi connectivity index (χ4v) is 1.10. The van der Waals surface area contributed by atoms with Gasteiger partial charge in [-0.1, -0.05) is 30.3 Å². The van der Waals surface area contributed by atoms with Gasteiger partial charge in [0.25, 0.3) is 0 Å². The normalized spacial score (nSPS) is 9.79. The lowest BCUT2D eigenvalue weighted by Crippen LogP contribution is -2.41. The molecular formula is C9H9BN2O2. The minimum absolute atomic E-state index is 0.697. The van der Waals surface area contributed by atoms with E-state index in [0.29, 0.717) is 5.46 Å². The Balaban J connectivity index is 2.07. The van der Waals surface area contributed by atoms with Crippen LogP contribution in [-0.4, -0.2) is 22.1 Å². The van der Waals surface area contributed by atoms with Crippen LogP contribution in [-0.2, 0) is 0 Å². The van der Waals surface area contributed by atoms with Crippen LogP contribution >= 0.6 is 0 Å². The number of aromatic nitrogens is 2. The number of rotatable bonds is 3. The van der Waals surface area contributed by atoms with Crippen LogP contribution in [0.5, 0.6) is 0 Å². The van der Waals surface area contributed by atoms with Crippen molar-refractivity contribution >= 4 is 12.6 Å². The summed E-state index contributed by atoms with van der Waals surface area (Å²) in [6.45, 7) is 0. The Labute approximate surface area is 81.9 Å². The van der Waals surface area contributed by atoms with E-state index < -0.39 is 7.12 Å². The second-order valence-electron chi connectivity index (χ2n) is 2.78. The highest BCUT2D eigenvalue weighted by Crippen LogP contribution is 1.86. The number of hydrogen-bond donors (Lipinski definition) is 1. The third-order valence-corrected chi connectivity index (χ3v) is 1.77. The van der Waals surface area contributed by atoms with Gasteiger partial charge in [0.15, 0.2) is 0 Å². The van der Waals surface area contributed by atoms with Gasteiger partial charge in [-0.05, 0) is 11.5 Å². The molecule has 0 fully saturated rings. The SMILES string of the molecule is OB(On1cccn1)c1ccccc1. The lowest BCUT2D eigenvalue weighted by Gasteiger charge is -2.07. The third-order valence-electron chi connectivity index (χ3n) is 1.77. The minimum Gasteiger partial charge on any atom is -0.428 e. The van der Waals surface area contributed by atoms with Gasteiger partial charge < -0.3 is 9.78 Å². The number of benzene rings is 1. The van der Waals surface area contributed by atoms with Crippen LogP contribution in [0.3, 0.4) is 0 Å². The Bertz CT molecular complexity index is 377. The average Bonchev–Trinajstić information content (AvgIpc) is 2.72. The third kappa shape index (κ3) is 1.94. The molecule has 5 heteroatoms. The summed E-state index contributed by atoms with van der Waals surface area (Å²) in [5.74, 6) is 0. The fourth-order valence-electron chi connectivity index (χ4n) is 1.10. The van der Waals surface area contributed by atoms with E-state index in [1.54, 1.807) is 30.6 Å². The van der Waals surface area contributed by atoms with Gasteiger partial charge >= 0.3 is 7.12 Å². The van der Waals surface area contributed by atoms with Gasteiger partial charge in [0.1, 0.15) is 0 Å². The van der Waals surface area contributed by atoms with Crippen LogP contribution in [0, 0.1) is 0 Å². The van der Waals surface area contributed by atoms with Crippen molar-refractivity contribution in [2.24, 2.45) is 0 Å². The number of hydrogen-bond acceptors (Lipinski definition) is 3. The quantitative estimate of drug-likeness (QED) is 0.672. The van der Waals surface area contributed by atoms with Gasteiger partial charge in [-0.2, -0.15) is 0 Å². The summed E-state index contributed by atoms with van der Waals surface area (Å²) in [5, 5.41) is 13.4. The molecule has 0 aliphatic heterocycles. The maximum Gasteiger partial charge on any atom is 0.582 e. The predicted octanol–water partition coefficient (Wildman–Crippen LogP) is -0.301. The molecule has 1 aromatic carbocycles. The van der Waals surface area contributed by atoms with Gasteiger partial charge in [0.2, 0.25) is 0 Å². The zero-order valence-corrected chi connectivity index (χ0v) is 7.45. The first-order valence-electron chi connectivity index (χ1n) is 4.26. The highest BCUT2D eigenvalue weighted by atomic mass is 16.7. The van der Waals surface area contributed by atoms with E-state index in [1.807, 2.05) is 18.2 Å². The summed E-state index contributed by atoms with van der Waals surface area (Å²) in [6, 6.07) is 10.8. The van der Waals surface area contributed by atoms with Crippen molar-refractivity contribution in [1.29, 1.82) is 0 Å². The van der Waals surface area contributed by atoms with Crippen molar-refractivity contribution in [1.82, 2.24) is 9.94 Å². The highest BCUT2D eigenvalue weighted by Gasteiger charge is 2.18. The average molecular weight is 188 g/mol. The molecule has 1 heterocycles. The summed E-state index contributed by atoms with van der Waals surface area (Å²) in [6.07, 6.45) is 3.20. The molecule has 1 aromatic heterocycles. The Hall–Kier alpha value is -1.75. The summed E-state index contributed by atoms with van der Waals surface area (Å²) in [5.41, 5.74) is 0.697. The van der Waals surface area contributed by atoms with E-state index in [-0.39, 0.29) is 0 Å². The topological polar surface area (TPSA) is 47.3 Å². The largest absolute Gasteiger partial charge is 0.582 e. The van der Waals surface area contributed by atoms with Crippen LogP contribution in [0.15, 0.2) is 48.8 Å². The van der Waals surface area contributed by atoms with E-state index in [9.17, 15) is 5.02 Å². The van der Waals surface area contributed by atoms with E-state index in [4.69, 9.17) is 4.76 Å². The first-order valence-corrected chi connectivity index (χ1v) is 4.26. The minimum atomic E-state index is -0.990. The van der Waals surface area contributed by atoms with Crippen LogP contribution < -0.4 is 10.2 Å². The van der Waals surface area contributed by atoms with E-state index >= 15 is 0 Å². The lowest BCUT2D eigenvalue weighted by atomic mass is 9.80. The standard InChI is InChI=1S/C9H9BN2O2/c13-10(9-5-2-1-3-6-9)14-12-8-4-7-11-12/h1-8,13H. The Morgan fingerprint density at radius 1 is 1.21 bits per heavy atom. The fraction of sp³-hybridized carbons (Fsp3) is 0. The molecule has 0 saturated carbocycles. The monoisotopic (exact) mass is 188 g/mol. The molecular weight excluding hydrogens is 179 g/mol. The van der Waals surface area contributed by atoms with Crippen LogP contribution in [0.4, 0.5) is 0 Å². The van der Waals surface area contributed by atoms with Gasteiger partial charge in [-0.25, -0.2) is 0 Å². The van der Waals surface area contributed by atoms with Crippen LogP contribution in [0.2, 0.25) is 0 Å². The zero-order chi connectivity index (χ0) is 9.80. The summed E-state index contributed by atoms with van der Waals surface area (Å²) in [7, 11) is -0.990. The van der Waals surface area contributed by atoms with Crippen LogP contribution in [0.25, 0.3) is 0 Å². The van der Waals surface area contributed by atoms with Crippen molar-refractivity contribution in [2.75, 3.05) is 0 Å². The van der Waals surface area contributed by atoms with Crippen molar-refractivity contribution in [3.05, 3.63) is 48.8 Å². The molecule has 0 amide bonds. The number of nitrogens with zero attached hydrogens (tertiary/aromatic N) is 2. The molecule has 0 bridgehead atoms. The molecule has 2 aromatic rings. The Morgan fingerprint density at radius 2 is 2.00 bits per heavy atom.